The second-order valence-electron chi connectivity index (χ2n) is 16.5. The fourth-order valence-electron chi connectivity index (χ4n) is 10.3. The van der Waals surface area contributed by atoms with Crippen molar-refractivity contribution in [1.82, 2.24) is 0 Å². The maximum absolute atomic E-state index is 13.8. The van der Waals surface area contributed by atoms with E-state index in [-0.39, 0.29) is 91.5 Å². The molecule has 274 valence electrons. The first-order chi connectivity index (χ1) is 23.6. The maximum Gasteiger partial charge on any atom is 0.188 e. The molecule has 0 radical (unpaired) electrons. The van der Waals surface area contributed by atoms with Crippen molar-refractivity contribution in [3.63, 3.8) is 0 Å². The number of ketones is 1. The largest absolute Gasteiger partial charge is 0.441 e. The highest BCUT2D eigenvalue weighted by Gasteiger charge is 2.61. The van der Waals surface area contributed by atoms with Crippen LogP contribution in [0.1, 0.15) is 103 Å². The number of rotatable bonds is 3. The summed E-state index contributed by atoms with van der Waals surface area (Å²) < 4.78 is 46.7. The molecule has 8 heterocycles. The number of carbonyl (C=O) groups excluding carboxylic acids is 1. The van der Waals surface area contributed by atoms with Crippen LogP contribution in [0.4, 0.5) is 0 Å². The van der Waals surface area contributed by atoms with Crippen LogP contribution in [0.15, 0.2) is 24.3 Å². The molecule has 8 aliphatic heterocycles. The van der Waals surface area contributed by atoms with Crippen LogP contribution >= 0.6 is 0 Å². The van der Waals surface area contributed by atoms with Gasteiger partial charge in [0, 0.05) is 45.1 Å². The van der Waals surface area contributed by atoms with Gasteiger partial charge in [0.25, 0.3) is 0 Å². The van der Waals surface area contributed by atoms with Crippen molar-refractivity contribution in [3.05, 3.63) is 24.3 Å². The number of fused-ring (bicyclic) bond motifs is 9. The van der Waals surface area contributed by atoms with Crippen LogP contribution in [0.3, 0.4) is 0 Å². The fraction of sp³-hybridized carbons (Fsp3) is 0.868. The fourth-order valence-corrected chi connectivity index (χ4v) is 10.3. The van der Waals surface area contributed by atoms with Gasteiger partial charge in [0.1, 0.15) is 11.9 Å². The minimum absolute atomic E-state index is 0.00649. The average molecular weight is 689 g/mol. The molecular weight excluding hydrogens is 630 g/mol. The number of aliphatic hydroxyl groups is 1. The van der Waals surface area contributed by atoms with Gasteiger partial charge in [-0.25, -0.2) is 0 Å². The summed E-state index contributed by atoms with van der Waals surface area (Å²) in [4.78, 5) is 13.8. The second-order valence-corrected chi connectivity index (χ2v) is 16.5. The highest BCUT2D eigenvalue weighted by molar-refractivity contribution is 5.79. The second kappa shape index (κ2) is 14.3. The average Bonchev–Trinajstić information content (AvgIpc) is 3.70. The molecule has 0 aromatic carbocycles. The molecule has 0 aromatic heterocycles. The maximum atomic E-state index is 13.8. The topological polar surface area (TPSA) is 151 Å². The van der Waals surface area contributed by atoms with Gasteiger partial charge >= 0.3 is 0 Å². The molecule has 0 amide bonds. The Hall–Kier alpha value is -1.25. The van der Waals surface area contributed by atoms with E-state index in [0.29, 0.717) is 51.4 Å². The Balaban J connectivity index is 1.03. The molecule has 16 atom stereocenters. The number of aliphatic hydroxyl groups excluding tert-OH is 1. The third-order valence-corrected chi connectivity index (χ3v) is 12.8. The lowest BCUT2D eigenvalue weighted by atomic mass is 9.84. The van der Waals surface area contributed by atoms with Gasteiger partial charge in [0.05, 0.1) is 73.6 Å². The lowest BCUT2D eigenvalue weighted by Crippen LogP contribution is -2.58. The van der Waals surface area contributed by atoms with Gasteiger partial charge < -0.3 is 49.1 Å². The van der Waals surface area contributed by atoms with E-state index in [1.807, 2.05) is 0 Å². The zero-order chi connectivity index (χ0) is 33.9. The minimum Gasteiger partial charge on any atom is -0.441 e. The zero-order valence-electron chi connectivity index (χ0n) is 28.9. The van der Waals surface area contributed by atoms with E-state index < -0.39 is 18.0 Å². The van der Waals surface area contributed by atoms with Crippen molar-refractivity contribution in [2.45, 2.75) is 194 Å². The molecule has 8 aliphatic rings. The van der Waals surface area contributed by atoms with Crippen LogP contribution in [0.2, 0.25) is 0 Å². The molecule has 10 bridgehead atoms. The monoisotopic (exact) mass is 688 g/mol. The van der Waals surface area contributed by atoms with Gasteiger partial charge in [0.15, 0.2) is 18.0 Å². The summed E-state index contributed by atoms with van der Waals surface area (Å²) in [6.45, 7) is 8.96. The quantitative estimate of drug-likeness (QED) is 0.334. The molecule has 8 fully saturated rings. The normalized spacial score (nSPS) is 49.7. The van der Waals surface area contributed by atoms with Crippen molar-refractivity contribution < 1.29 is 48.2 Å². The molecule has 10 unspecified atom stereocenters. The lowest BCUT2D eigenvalue weighted by molar-refractivity contribution is -0.277. The number of hydrogen-bond acceptors (Lipinski definition) is 10. The number of ether oxygens (including phenoxy) is 7. The molecular formula is C38H58NO10+. The van der Waals surface area contributed by atoms with E-state index in [2.05, 4.69) is 13.2 Å². The van der Waals surface area contributed by atoms with Gasteiger partial charge in [-0.2, -0.15) is 0 Å². The van der Waals surface area contributed by atoms with Gasteiger partial charge in [-0.1, -0.05) is 13.2 Å². The van der Waals surface area contributed by atoms with E-state index >= 15 is 0 Å². The molecule has 49 heavy (non-hydrogen) atoms. The molecule has 8 rings (SSSR count). The summed E-state index contributed by atoms with van der Waals surface area (Å²) in [7, 11) is 0. The van der Waals surface area contributed by atoms with Crippen LogP contribution in [0, 0.1) is 5.92 Å². The van der Waals surface area contributed by atoms with E-state index in [1.165, 1.54) is 0 Å². The Morgan fingerprint density at radius 3 is 2.45 bits per heavy atom. The molecule has 1 spiro atoms. The van der Waals surface area contributed by atoms with Crippen LogP contribution in [0.25, 0.3) is 0 Å². The number of hydrogen-bond donors (Lipinski definition) is 2. The Bertz CT molecular complexity index is 1250. The van der Waals surface area contributed by atoms with Gasteiger partial charge in [-0.05, 0) is 74.9 Å². The first-order valence-corrected chi connectivity index (χ1v) is 19.2. The lowest BCUT2D eigenvalue weighted by Gasteiger charge is -2.47. The van der Waals surface area contributed by atoms with E-state index in [9.17, 15) is 9.90 Å². The van der Waals surface area contributed by atoms with Gasteiger partial charge in [0.2, 0.25) is 0 Å². The van der Waals surface area contributed by atoms with Crippen LogP contribution in [-0.4, -0.2) is 114 Å². The van der Waals surface area contributed by atoms with Crippen LogP contribution in [0.5, 0.6) is 0 Å². The number of carbonyl (C=O) groups is 1. The number of Topliss-reactive ketones (excluding diaryl/α,β-unsaturated/α-hetero) is 1. The number of nitrogens with two attached hydrogens (primary N) is 1. The molecule has 0 saturated carbocycles. The summed E-state index contributed by atoms with van der Waals surface area (Å²) in [5, 5.41) is 19.2. The van der Waals surface area contributed by atoms with Crippen molar-refractivity contribution in [2.75, 3.05) is 6.54 Å². The van der Waals surface area contributed by atoms with Gasteiger partial charge in [-0.3, -0.25) is 4.79 Å². The van der Waals surface area contributed by atoms with Crippen molar-refractivity contribution in [3.8, 4) is 0 Å². The predicted molar refractivity (Wildman–Crippen MR) is 179 cm³/mol. The molecule has 8 saturated heterocycles. The van der Waals surface area contributed by atoms with Crippen molar-refractivity contribution in [1.29, 1.82) is 0 Å². The minimum atomic E-state index is -0.862. The Morgan fingerprint density at radius 2 is 1.59 bits per heavy atom. The molecule has 11 heteroatoms. The third kappa shape index (κ3) is 7.36. The smallest absolute Gasteiger partial charge is 0.188 e. The van der Waals surface area contributed by atoms with Crippen molar-refractivity contribution in [2.24, 2.45) is 11.7 Å². The Morgan fingerprint density at radius 1 is 0.776 bits per heavy atom. The first-order valence-electron chi connectivity index (χ1n) is 19.2. The molecule has 5 N–H and O–H groups in total. The Kier molecular flexibility index (Phi) is 10.2. The third-order valence-electron chi connectivity index (χ3n) is 12.8. The van der Waals surface area contributed by atoms with E-state index in [4.69, 9.17) is 44.0 Å². The zero-order valence-corrected chi connectivity index (χ0v) is 28.9. The predicted octanol–water partition coefficient (Wildman–Crippen LogP) is 3.28. The summed E-state index contributed by atoms with van der Waals surface area (Å²) in [5.41, 5.74) is 7.96. The molecule has 0 aliphatic carbocycles. The van der Waals surface area contributed by atoms with Crippen LogP contribution < -0.4 is 5.73 Å². The SMILES string of the molecule is C=C1CC2CC[C@]34CC([OH2+])C(O3)C3C[C@@H](O4)C4O[C@H](CCC4O3)CC(=O)CC3C[C@@H](CC(O)CN)O[C@H]3CC3O[C@H](CCC3=C)CCC1O2. The summed E-state index contributed by atoms with van der Waals surface area (Å²) in [5.74, 6) is -0.664. The molecule has 11 nitrogen and oxygen atoms in total. The summed E-state index contributed by atoms with van der Waals surface area (Å²) in [6.07, 6.45) is 8.35. The summed E-state index contributed by atoms with van der Waals surface area (Å²) >= 11 is 0. The highest BCUT2D eigenvalue weighted by Crippen LogP contribution is 2.49. The van der Waals surface area contributed by atoms with Crippen molar-refractivity contribution >= 4 is 5.78 Å². The van der Waals surface area contributed by atoms with E-state index in [1.54, 1.807) is 0 Å². The van der Waals surface area contributed by atoms with E-state index in [0.717, 1.165) is 62.5 Å². The Labute approximate surface area is 290 Å². The highest BCUT2D eigenvalue weighted by atomic mass is 16.7. The van der Waals surface area contributed by atoms with Gasteiger partial charge in [-0.15, -0.1) is 0 Å². The standard InChI is InChI=1S/C38H57NO10/c1-20-3-4-25-5-7-30-21(2)11-27(44-30)9-10-38-18-29(42)36(49-38)34-17-35(48-38)37-31(47-34)8-6-26(46-37)14-23(40)12-22-13-28(15-24(41)19-39)45-33(22)16-32(20)43-25/h22,24-37,41-42H,1-19,39H2/p+1/t22?,24?,25-,26-,27?,28+,29?,30?,31?,32?,33+,34?,35-,36?,37?,38-/m1/s1. The summed E-state index contributed by atoms with van der Waals surface area (Å²) in [6, 6.07) is 0. The molecule has 0 aromatic rings. The van der Waals surface area contributed by atoms with Crippen LogP contribution in [-0.2, 0) is 38.0 Å². The first kappa shape index (κ1) is 34.8.